The number of hydrogen-bond acceptors (Lipinski definition) is 4. The van der Waals surface area contributed by atoms with Crippen molar-refractivity contribution in [2.75, 3.05) is 6.26 Å². The van der Waals surface area contributed by atoms with Gasteiger partial charge in [-0.2, -0.15) is 0 Å². The lowest BCUT2D eigenvalue weighted by Gasteiger charge is -2.10. The van der Waals surface area contributed by atoms with Crippen LogP contribution in [0.5, 0.6) is 0 Å². The van der Waals surface area contributed by atoms with Crippen LogP contribution < -0.4 is 0 Å². The Balaban J connectivity index is 4.42. The Morgan fingerprint density at radius 3 is 2.00 bits per heavy atom. The standard InChI is InChI=1S/C7H12O6S/c1-14(12,13)5(4-7(10)11)2-3-6(8)9/h5H,2-4H2,1H3,(H,8,9)(H,10,11). The second kappa shape index (κ2) is 4.94. The average Bonchev–Trinajstić information content (AvgIpc) is 1.94. The van der Waals surface area contributed by atoms with Gasteiger partial charge in [-0.05, 0) is 6.42 Å². The predicted molar refractivity (Wildman–Crippen MR) is 47.8 cm³/mol. The topological polar surface area (TPSA) is 109 Å². The number of sulfone groups is 1. The zero-order chi connectivity index (χ0) is 11.4. The van der Waals surface area contributed by atoms with E-state index in [1.165, 1.54) is 0 Å². The Kier molecular flexibility index (Phi) is 4.55. The Morgan fingerprint density at radius 1 is 1.21 bits per heavy atom. The zero-order valence-corrected chi connectivity index (χ0v) is 8.45. The summed E-state index contributed by atoms with van der Waals surface area (Å²) in [6.07, 6.45) is -0.153. The molecule has 1 unspecified atom stereocenters. The molecule has 1 atom stereocenters. The van der Waals surface area contributed by atoms with Crippen molar-refractivity contribution >= 4 is 21.8 Å². The molecule has 0 spiro atoms. The first-order valence-electron chi connectivity index (χ1n) is 3.86. The number of carbonyl (C=O) groups is 2. The van der Waals surface area contributed by atoms with Gasteiger partial charge in [0.1, 0.15) is 0 Å². The van der Waals surface area contributed by atoms with Crippen LogP contribution in [-0.4, -0.2) is 42.1 Å². The second-order valence-corrected chi connectivity index (χ2v) is 5.31. The first-order chi connectivity index (χ1) is 6.23. The van der Waals surface area contributed by atoms with Gasteiger partial charge in [-0.1, -0.05) is 0 Å². The average molecular weight is 224 g/mol. The van der Waals surface area contributed by atoms with Crippen LogP contribution in [0.4, 0.5) is 0 Å². The van der Waals surface area contributed by atoms with E-state index in [-0.39, 0.29) is 12.8 Å². The Morgan fingerprint density at radius 2 is 1.71 bits per heavy atom. The highest BCUT2D eigenvalue weighted by Crippen LogP contribution is 2.11. The van der Waals surface area contributed by atoms with E-state index in [2.05, 4.69) is 0 Å². The summed E-state index contributed by atoms with van der Waals surface area (Å²) in [7, 11) is -3.50. The molecule has 7 heteroatoms. The summed E-state index contributed by atoms with van der Waals surface area (Å²) in [5.74, 6) is -2.38. The molecule has 2 N–H and O–H groups in total. The predicted octanol–water partition coefficient (Wildman–Crippen LogP) is -0.261. The van der Waals surface area contributed by atoms with Crippen molar-refractivity contribution in [2.45, 2.75) is 24.5 Å². The van der Waals surface area contributed by atoms with E-state index in [4.69, 9.17) is 10.2 Å². The van der Waals surface area contributed by atoms with E-state index in [0.717, 1.165) is 6.26 Å². The zero-order valence-electron chi connectivity index (χ0n) is 7.63. The van der Waals surface area contributed by atoms with Gasteiger partial charge in [0, 0.05) is 12.7 Å². The van der Waals surface area contributed by atoms with E-state index in [1.807, 2.05) is 0 Å². The summed E-state index contributed by atoms with van der Waals surface area (Å²) in [5.41, 5.74) is 0. The van der Waals surface area contributed by atoms with E-state index < -0.39 is 33.4 Å². The van der Waals surface area contributed by atoms with Gasteiger partial charge in [-0.15, -0.1) is 0 Å². The third-order valence-corrected chi connectivity index (χ3v) is 3.30. The molecular weight excluding hydrogens is 212 g/mol. The van der Waals surface area contributed by atoms with Crippen LogP contribution in [0.25, 0.3) is 0 Å². The molecule has 0 aromatic carbocycles. The molecule has 0 radical (unpaired) electrons. The van der Waals surface area contributed by atoms with Crippen molar-refractivity contribution < 1.29 is 28.2 Å². The molecule has 0 aromatic heterocycles. The molecule has 0 aliphatic heterocycles. The lowest BCUT2D eigenvalue weighted by molar-refractivity contribution is -0.139. The van der Waals surface area contributed by atoms with Crippen molar-refractivity contribution in [1.82, 2.24) is 0 Å². The van der Waals surface area contributed by atoms with Crippen LogP contribution in [0.1, 0.15) is 19.3 Å². The highest BCUT2D eigenvalue weighted by molar-refractivity contribution is 7.91. The first-order valence-corrected chi connectivity index (χ1v) is 5.81. The minimum Gasteiger partial charge on any atom is -0.481 e. The molecule has 0 bridgehead atoms. The third kappa shape index (κ3) is 5.52. The van der Waals surface area contributed by atoms with Crippen molar-refractivity contribution in [2.24, 2.45) is 0 Å². The number of carboxylic acids is 2. The Labute approximate surface area is 81.5 Å². The molecule has 0 saturated heterocycles. The summed E-state index contributed by atoms with van der Waals surface area (Å²) >= 11 is 0. The summed E-state index contributed by atoms with van der Waals surface area (Å²) in [6.45, 7) is 0. The van der Waals surface area contributed by atoms with Gasteiger partial charge in [-0.25, -0.2) is 8.42 Å². The minimum absolute atomic E-state index is 0.166. The van der Waals surface area contributed by atoms with Gasteiger partial charge in [0.25, 0.3) is 0 Å². The molecule has 0 aliphatic carbocycles. The summed E-state index contributed by atoms with van der Waals surface area (Å²) in [6, 6.07) is 0. The van der Waals surface area contributed by atoms with Crippen LogP contribution in [0, 0.1) is 0 Å². The van der Waals surface area contributed by atoms with Gasteiger partial charge in [0.2, 0.25) is 0 Å². The third-order valence-electron chi connectivity index (χ3n) is 1.69. The molecule has 82 valence electrons. The number of carboxylic acid groups (broad SMARTS) is 2. The van der Waals surface area contributed by atoms with Crippen LogP contribution in [0.15, 0.2) is 0 Å². The molecule has 6 nitrogen and oxygen atoms in total. The number of aliphatic carboxylic acids is 2. The lowest BCUT2D eigenvalue weighted by Crippen LogP contribution is -2.24. The molecule has 0 aromatic rings. The summed E-state index contributed by atoms with van der Waals surface area (Å²) in [5, 5.41) is 15.6. The van der Waals surface area contributed by atoms with Gasteiger partial charge in [-0.3, -0.25) is 9.59 Å². The fourth-order valence-corrected chi connectivity index (χ4v) is 1.94. The summed E-state index contributed by atoms with van der Waals surface area (Å²) in [4.78, 5) is 20.5. The maximum Gasteiger partial charge on any atom is 0.304 e. The minimum atomic E-state index is -3.50. The van der Waals surface area contributed by atoms with Crippen molar-refractivity contribution in [3.8, 4) is 0 Å². The Bertz CT molecular complexity index is 317. The molecule has 0 fully saturated rings. The van der Waals surface area contributed by atoms with Crippen molar-refractivity contribution in [3.63, 3.8) is 0 Å². The number of hydrogen-bond donors (Lipinski definition) is 2. The van der Waals surface area contributed by atoms with Crippen LogP contribution in [-0.2, 0) is 19.4 Å². The first kappa shape index (κ1) is 12.9. The SMILES string of the molecule is CS(=O)(=O)C(CCC(=O)O)CC(=O)O. The van der Waals surface area contributed by atoms with E-state index in [1.54, 1.807) is 0 Å². The monoisotopic (exact) mass is 224 g/mol. The fraction of sp³-hybridized carbons (Fsp3) is 0.714. The molecule has 0 heterocycles. The molecule has 0 aliphatic rings. The van der Waals surface area contributed by atoms with Crippen LogP contribution in [0.2, 0.25) is 0 Å². The smallest absolute Gasteiger partial charge is 0.304 e. The molecule has 0 saturated carbocycles. The Hall–Kier alpha value is -1.11. The summed E-state index contributed by atoms with van der Waals surface area (Å²) < 4.78 is 22.0. The van der Waals surface area contributed by atoms with Crippen molar-refractivity contribution in [3.05, 3.63) is 0 Å². The van der Waals surface area contributed by atoms with Crippen molar-refractivity contribution in [1.29, 1.82) is 0 Å². The van der Waals surface area contributed by atoms with Gasteiger partial charge >= 0.3 is 11.9 Å². The molecule has 14 heavy (non-hydrogen) atoms. The molecule has 0 rings (SSSR count). The normalized spacial score (nSPS) is 13.5. The van der Waals surface area contributed by atoms with Crippen LogP contribution in [0.3, 0.4) is 0 Å². The highest BCUT2D eigenvalue weighted by Gasteiger charge is 2.24. The largest absolute Gasteiger partial charge is 0.481 e. The van der Waals surface area contributed by atoms with Gasteiger partial charge in [0.05, 0.1) is 11.7 Å². The number of rotatable bonds is 6. The lowest BCUT2D eigenvalue weighted by atomic mass is 10.2. The fourth-order valence-electron chi connectivity index (χ4n) is 0.947. The molecule has 0 amide bonds. The second-order valence-electron chi connectivity index (χ2n) is 2.98. The molecular formula is C7H12O6S. The van der Waals surface area contributed by atoms with E-state index >= 15 is 0 Å². The van der Waals surface area contributed by atoms with Crippen LogP contribution >= 0.6 is 0 Å². The maximum atomic E-state index is 11.0. The van der Waals surface area contributed by atoms with E-state index in [0.29, 0.717) is 0 Å². The van der Waals surface area contributed by atoms with Gasteiger partial charge < -0.3 is 10.2 Å². The maximum absolute atomic E-state index is 11.0. The van der Waals surface area contributed by atoms with Gasteiger partial charge in [0.15, 0.2) is 9.84 Å². The highest BCUT2D eigenvalue weighted by atomic mass is 32.2. The van der Waals surface area contributed by atoms with E-state index in [9.17, 15) is 18.0 Å². The quantitative estimate of drug-likeness (QED) is 0.643.